The van der Waals surface area contributed by atoms with Crippen molar-refractivity contribution in [1.29, 1.82) is 0 Å². The van der Waals surface area contributed by atoms with Gasteiger partial charge < -0.3 is 26.0 Å². The number of hydrogen-bond acceptors (Lipinski definition) is 3. The Bertz CT molecular complexity index is 967. The van der Waals surface area contributed by atoms with Crippen LogP contribution in [0, 0.1) is 0 Å². The summed E-state index contributed by atoms with van der Waals surface area (Å²) in [7, 11) is 1.54. The van der Waals surface area contributed by atoms with Gasteiger partial charge in [-0.3, -0.25) is 4.79 Å². The lowest BCUT2D eigenvalue weighted by Crippen LogP contribution is -2.39. The number of aliphatic hydroxyl groups excluding tert-OH is 1. The lowest BCUT2D eigenvalue weighted by molar-refractivity contribution is 0.0916. The zero-order chi connectivity index (χ0) is 19.9. The van der Waals surface area contributed by atoms with Crippen LogP contribution in [0.5, 0.6) is 0 Å². The Kier molecular flexibility index (Phi) is 6.29. The molecule has 0 aliphatic rings. The van der Waals surface area contributed by atoms with Gasteiger partial charge in [0.25, 0.3) is 5.91 Å². The van der Waals surface area contributed by atoms with E-state index in [1.165, 1.54) is 0 Å². The summed E-state index contributed by atoms with van der Waals surface area (Å²) in [5, 5.41) is 18.9. The third kappa shape index (κ3) is 4.69. The van der Waals surface area contributed by atoms with Crippen molar-refractivity contribution in [2.45, 2.75) is 19.0 Å². The Labute approximate surface area is 163 Å². The molecule has 3 rings (SSSR count). The highest BCUT2D eigenvalue weighted by Crippen LogP contribution is 2.19. The smallest absolute Gasteiger partial charge is 0.314 e. The van der Waals surface area contributed by atoms with Crippen LogP contribution in [0.4, 0.5) is 4.79 Å². The van der Waals surface area contributed by atoms with Gasteiger partial charge in [0.05, 0.1) is 12.6 Å². The van der Waals surface area contributed by atoms with Crippen molar-refractivity contribution in [3.8, 4) is 0 Å². The van der Waals surface area contributed by atoms with Crippen LogP contribution in [0.15, 0.2) is 54.7 Å². The van der Waals surface area contributed by atoms with Gasteiger partial charge >= 0.3 is 6.03 Å². The van der Waals surface area contributed by atoms with Gasteiger partial charge in [-0.05, 0) is 35.7 Å². The van der Waals surface area contributed by atoms with E-state index in [2.05, 4.69) is 20.9 Å². The van der Waals surface area contributed by atoms with Crippen LogP contribution in [0.2, 0.25) is 0 Å². The van der Waals surface area contributed by atoms with Crippen molar-refractivity contribution in [1.82, 2.24) is 20.9 Å². The second-order valence-electron chi connectivity index (χ2n) is 6.55. The fourth-order valence-corrected chi connectivity index (χ4v) is 3.09. The van der Waals surface area contributed by atoms with E-state index < -0.39 is 6.04 Å². The molecule has 3 amide bonds. The minimum absolute atomic E-state index is 0.164. The summed E-state index contributed by atoms with van der Waals surface area (Å²) in [6, 6.07) is 14.3. The molecule has 0 unspecified atom stereocenters. The highest BCUT2D eigenvalue weighted by molar-refractivity contribution is 5.94. The summed E-state index contributed by atoms with van der Waals surface area (Å²) in [6.07, 6.45) is 2.43. The number of aliphatic hydroxyl groups is 1. The lowest BCUT2D eigenvalue weighted by atomic mass is 10.0. The van der Waals surface area contributed by atoms with Gasteiger partial charge in [-0.2, -0.15) is 0 Å². The molecule has 28 heavy (non-hydrogen) atoms. The number of benzene rings is 2. The third-order valence-electron chi connectivity index (χ3n) is 4.57. The van der Waals surface area contributed by atoms with Gasteiger partial charge in [0.2, 0.25) is 0 Å². The maximum Gasteiger partial charge on any atom is 0.314 e. The van der Waals surface area contributed by atoms with E-state index in [-0.39, 0.29) is 18.5 Å². The first kappa shape index (κ1) is 19.4. The van der Waals surface area contributed by atoms with Crippen molar-refractivity contribution in [3.05, 3.63) is 71.4 Å². The molecule has 1 atom stereocenters. The molecule has 0 radical (unpaired) electrons. The van der Waals surface area contributed by atoms with E-state index in [1.807, 2.05) is 36.5 Å². The number of nitrogens with one attached hydrogen (secondary N) is 4. The van der Waals surface area contributed by atoms with Gasteiger partial charge in [-0.25, -0.2) is 4.79 Å². The number of hydrogen-bond donors (Lipinski definition) is 5. The van der Waals surface area contributed by atoms with E-state index in [0.717, 1.165) is 22.0 Å². The van der Waals surface area contributed by atoms with E-state index in [1.54, 1.807) is 25.2 Å². The van der Waals surface area contributed by atoms with Gasteiger partial charge in [0.15, 0.2) is 0 Å². The van der Waals surface area contributed by atoms with E-state index in [0.29, 0.717) is 18.5 Å². The Hall–Kier alpha value is -3.32. The number of urea groups is 1. The third-order valence-corrected chi connectivity index (χ3v) is 4.57. The molecule has 0 spiro atoms. The zero-order valence-electron chi connectivity index (χ0n) is 15.7. The summed E-state index contributed by atoms with van der Waals surface area (Å²) in [4.78, 5) is 27.1. The molecule has 7 heteroatoms. The van der Waals surface area contributed by atoms with Gasteiger partial charge in [-0.1, -0.05) is 30.3 Å². The molecule has 0 fully saturated rings. The number of rotatable bonds is 7. The van der Waals surface area contributed by atoms with E-state index in [4.69, 9.17) is 0 Å². The monoisotopic (exact) mass is 380 g/mol. The number of carbonyl (C=O) groups is 2. The molecule has 7 nitrogen and oxygen atoms in total. The normalized spacial score (nSPS) is 11.8. The Morgan fingerprint density at radius 2 is 1.96 bits per heavy atom. The topological polar surface area (TPSA) is 106 Å². The molecular weight excluding hydrogens is 356 g/mol. The van der Waals surface area contributed by atoms with Crippen molar-refractivity contribution < 1.29 is 14.7 Å². The maximum absolute atomic E-state index is 12.6. The van der Waals surface area contributed by atoms with Crippen LogP contribution in [0.3, 0.4) is 0 Å². The fourth-order valence-electron chi connectivity index (χ4n) is 3.09. The molecule has 2 aromatic carbocycles. The van der Waals surface area contributed by atoms with Gasteiger partial charge in [-0.15, -0.1) is 0 Å². The summed E-state index contributed by atoms with van der Waals surface area (Å²) < 4.78 is 0. The Balaban J connectivity index is 1.66. The summed E-state index contributed by atoms with van der Waals surface area (Å²) in [6.45, 7) is 0.155. The minimum atomic E-state index is -0.403. The first-order valence-corrected chi connectivity index (χ1v) is 9.12. The fraction of sp³-hybridized carbons (Fsp3) is 0.238. The molecule has 0 aliphatic heterocycles. The van der Waals surface area contributed by atoms with E-state index in [9.17, 15) is 14.7 Å². The molecule has 1 heterocycles. The molecule has 146 valence electrons. The molecule has 0 saturated heterocycles. The zero-order valence-corrected chi connectivity index (χ0v) is 15.7. The van der Waals surface area contributed by atoms with Crippen LogP contribution in [-0.2, 0) is 13.0 Å². The molecule has 5 N–H and O–H groups in total. The van der Waals surface area contributed by atoms with Gasteiger partial charge in [0.1, 0.15) is 0 Å². The standard InChI is InChI=1S/C21H24N4O3/c1-22-21(28)24-11-14-5-4-6-15(9-14)20(27)25-17(13-26)10-16-12-23-19-8-3-2-7-18(16)19/h2-9,12,17,23,26H,10-11,13H2,1H3,(H,25,27)(H2,22,24,28)/t17-/m1/s1. The van der Waals surface area contributed by atoms with Crippen LogP contribution in [-0.4, -0.2) is 41.7 Å². The molecule has 0 bridgehead atoms. The first-order valence-electron chi connectivity index (χ1n) is 9.12. The van der Waals surface area contributed by atoms with Crippen molar-refractivity contribution in [2.24, 2.45) is 0 Å². The molecular formula is C21H24N4O3. The van der Waals surface area contributed by atoms with E-state index >= 15 is 0 Å². The largest absolute Gasteiger partial charge is 0.394 e. The predicted octanol–water partition coefficient (Wildman–Crippen LogP) is 1.93. The lowest BCUT2D eigenvalue weighted by Gasteiger charge is -2.16. The number of H-pyrrole nitrogens is 1. The molecule has 0 saturated carbocycles. The second-order valence-corrected chi connectivity index (χ2v) is 6.55. The Morgan fingerprint density at radius 1 is 1.14 bits per heavy atom. The highest BCUT2D eigenvalue weighted by Gasteiger charge is 2.16. The number of aromatic nitrogens is 1. The van der Waals surface area contributed by atoms with Crippen LogP contribution in [0.25, 0.3) is 10.9 Å². The molecule has 3 aromatic rings. The number of carbonyl (C=O) groups excluding carboxylic acids is 2. The second kappa shape index (κ2) is 9.05. The summed E-state index contributed by atoms with van der Waals surface area (Å²) in [5.74, 6) is -0.263. The summed E-state index contributed by atoms with van der Waals surface area (Å²) >= 11 is 0. The average Bonchev–Trinajstić information content (AvgIpc) is 3.14. The Morgan fingerprint density at radius 3 is 2.75 bits per heavy atom. The SMILES string of the molecule is CNC(=O)NCc1cccc(C(=O)N[C@@H](CO)Cc2c[nH]c3ccccc23)c1. The summed E-state index contributed by atoms with van der Waals surface area (Å²) in [5.41, 5.74) is 3.36. The van der Waals surface area contributed by atoms with Crippen LogP contribution in [0.1, 0.15) is 21.5 Å². The average molecular weight is 380 g/mol. The molecule has 1 aromatic heterocycles. The molecule has 0 aliphatic carbocycles. The van der Waals surface area contributed by atoms with Crippen molar-refractivity contribution in [3.63, 3.8) is 0 Å². The first-order chi connectivity index (χ1) is 13.6. The highest BCUT2D eigenvalue weighted by atomic mass is 16.3. The quantitative estimate of drug-likeness (QED) is 0.432. The number of amides is 3. The van der Waals surface area contributed by atoms with Crippen LogP contribution < -0.4 is 16.0 Å². The predicted molar refractivity (Wildman–Crippen MR) is 108 cm³/mol. The van der Waals surface area contributed by atoms with Crippen LogP contribution >= 0.6 is 0 Å². The number of fused-ring (bicyclic) bond motifs is 1. The maximum atomic E-state index is 12.6. The van der Waals surface area contributed by atoms with Gasteiger partial charge in [0, 0.05) is 36.3 Å². The van der Waals surface area contributed by atoms with Crippen molar-refractivity contribution in [2.75, 3.05) is 13.7 Å². The van der Waals surface area contributed by atoms with Crippen molar-refractivity contribution >= 4 is 22.8 Å². The number of para-hydroxylation sites is 1. The number of aromatic amines is 1. The minimum Gasteiger partial charge on any atom is -0.394 e.